The second-order valence-corrected chi connectivity index (χ2v) is 6.41. The van der Waals surface area contributed by atoms with Crippen molar-refractivity contribution in [3.05, 3.63) is 74.5 Å². The van der Waals surface area contributed by atoms with E-state index in [2.05, 4.69) is 9.97 Å². The van der Waals surface area contributed by atoms with Crippen LogP contribution in [0.1, 0.15) is 17.0 Å². The van der Waals surface area contributed by atoms with Crippen LogP contribution in [0.4, 0.5) is 17.6 Å². The molecule has 0 radical (unpaired) electrons. The van der Waals surface area contributed by atoms with Crippen LogP contribution in [0.2, 0.25) is 5.02 Å². The Morgan fingerprint density at radius 1 is 1.21 bits per heavy atom. The Labute approximate surface area is 161 Å². The number of aliphatic hydroxyl groups excluding tert-OH is 1. The third-order valence-electron chi connectivity index (χ3n) is 4.18. The number of alkyl halides is 3. The molecule has 0 atom stereocenters. The molecule has 2 N–H and O–H groups in total. The number of hydrogen-bond acceptors (Lipinski definition) is 3. The second kappa shape index (κ2) is 7.37. The molecule has 4 nitrogen and oxygen atoms in total. The topological polar surface area (TPSA) is 66.0 Å². The highest BCUT2D eigenvalue weighted by atomic mass is 35.5. The number of aryl methyl sites for hydroxylation is 1. The number of hydrogen-bond donors (Lipinski definition) is 2. The minimum Gasteiger partial charge on any atom is -0.390 e. The summed E-state index contributed by atoms with van der Waals surface area (Å²) in [5.74, 6) is -1.07. The first-order valence-corrected chi connectivity index (χ1v) is 8.37. The maximum Gasteiger partial charge on any atom is 0.416 e. The molecule has 3 rings (SSSR count). The molecule has 0 spiro atoms. The van der Waals surface area contributed by atoms with E-state index in [1.54, 1.807) is 6.92 Å². The van der Waals surface area contributed by atoms with Gasteiger partial charge in [0.15, 0.2) is 0 Å². The van der Waals surface area contributed by atoms with Crippen LogP contribution >= 0.6 is 11.6 Å². The zero-order valence-corrected chi connectivity index (χ0v) is 15.1. The number of benzene rings is 1. The van der Waals surface area contributed by atoms with Crippen molar-refractivity contribution in [2.75, 3.05) is 0 Å². The van der Waals surface area contributed by atoms with E-state index >= 15 is 0 Å². The van der Waals surface area contributed by atoms with Crippen LogP contribution in [0.15, 0.2) is 41.3 Å². The lowest BCUT2D eigenvalue weighted by molar-refractivity contribution is -0.137. The maximum absolute atomic E-state index is 14.1. The van der Waals surface area contributed by atoms with Crippen LogP contribution in [0.3, 0.4) is 0 Å². The molecule has 3 aromatic rings. The van der Waals surface area contributed by atoms with Gasteiger partial charge in [-0.1, -0.05) is 17.7 Å². The highest BCUT2D eigenvalue weighted by molar-refractivity contribution is 6.31. The number of pyridine rings is 2. The van der Waals surface area contributed by atoms with Crippen LogP contribution in [0.5, 0.6) is 0 Å². The summed E-state index contributed by atoms with van der Waals surface area (Å²) in [6.07, 6.45) is -3.38. The fourth-order valence-corrected chi connectivity index (χ4v) is 2.93. The predicted molar refractivity (Wildman–Crippen MR) is 96.4 cm³/mol. The number of H-pyrrole nitrogens is 1. The zero-order valence-electron chi connectivity index (χ0n) is 14.4. The van der Waals surface area contributed by atoms with Crippen molar-refractivity contribution in [3.63, 3.8) is 0 Å². The first kappa shape index (κ1) is 20.0. The van der Waals surface area contributed by atoms with Gasteiger partial charge in [0.1, 0.15) is 10.8 Å². The van der Waals surface area contributed by atoms with Crippen molar-refractivity contribution in [1.82, 2.24) is 9.97 Å². The third kappa shape index (κ3) is 3.65. The Kier molecular flexibility index (Phi) is 5.27. The molecule has 0 aliphatic rings. The number of nitrogens with one attached hydrogen (secondary N) is 1. The van der Waals surface area contributed by atoms with Gasteiger partial charge in [-0.15, -0.1) is 0 Å². The number of aromatic amines is 1. The summed E-state index contributed by atoms with van der Waals surface area (Å²) >= 11 is 5.97. The average Bonchev–Trinajstić information content (AvgIpc) is 2.65. The number of halogens is 5. The Morgan fingerprint density at radius 3 is 2.46 bits per heavy atom. The number of nitrogens with zero attached hydrogens (tertiary/aromatic N) is 1. The highest BCUT2D eigenvalue weighted by Gasteiger charge is 2.31. The smallest absolute Gasteiger partial charge is 0.390 e. The van der Waals surface area contributed by atoms with E-state index in [0.717, 1.165) is 12.1 Å². The molecular formula is C19H13ClF4N2O2. The van der Waals surface area contributed by atoms with Crippen LogP contribution < -0.4 is 5.43 Å². The number of aliphatic hydroxyl groups is 1. The molecule has 28 heavy (non-hydrogen) atoms. The van der Waals surface area contributed by atoms with Gasteiger partial charge < -0.3 is 10.1 Å². The van der Waals surface area contributed by atoms with Gasteiger partial charge in [-0.05, 0) is 31.2 Å². The molecule has 0 aliphatic carbocycles. The van der Waals surface area contributed by atoms with Crippen molar-refractivity contribution >= 4 is 11.6 Å². The minimum absolute atomic E-state index is 0.0370. The lowest BCUT2D eigenvalue weighted by atomic mass is 10.0. The molecule has 0 aliphatic heterocycles. The molecule has 0 saturated carbocycles. The lowest BCUT2D eigenvalue weighted by Crippen LogP contribution is -2.13. The lowest BCUT2D eigenvalue weighted by Gasteiger charge is -2.11. The van der Waals surface area contributed by atoms with Gasteiger partial charge in [0, 0.05) is 23.0 Å². The van der Waals surface area contributed by atoms with Gasteiger partial charge >= 0.3 is 6.18 Å². The Hall–Kier alpha value is -2.71. The Balaban J connectivity index is 2.05. The number of rotatable bonds is 3. The van der Waals surface area contributed by atoms with Gasteiger partial charge in [-0.3, -0.25) is 9.78 Å². The summed E-state index contributed by atoms with van der Waals surface area (Å²) < 4.78 is 52.1. The van der Waals surface area contributed by atoms with Gasteiger partial charge in [0.25, 0.3) is 0 Å². The van der Waals surface area contributed by atoms with E-state index in [1.165, 1.54) is 18.3 Å². The predicted octanol–water partition coefficient (Wildman–Crippen LogP) is 4.72. The van der Waals surface area contributed by atoms with Gasteiger partial charge in [0.05, 0.1) is 29.1 Å². The quantitative estimate of drug-likeness (QED) is 0.612. The average molecular weight is 413 g/mol. The Bertz CT molecular complexity index is 1090. The monoisotopic (exact) mass is 412 g/mol. The molecule has 0 saturated heterocycles. The van der Waals surface area contributed by atoms with E-state index in [9.17, 15) is 27.5 Å². The van der Waals surface area contributed by atoms with Crippen molar-refractivity contribution in [1.29, 1.82) is 0 Å². The fraction of sp³-hybridized carbons (Fsp3) is 0.158. The van der Waals surface area contributed by atoms with E-state index in [0.29, 0.717) is 17.3 Å². The molecular weight excluding hydrogens is 400 g/mol. The minimum atomic E-state index is -4.65. The normalized spacial score (nSPS) is 11.7. The van der Waals surface area contributed by atoms with Crippen LogP contribution in [-0.4, -0.2) is 15.1 Å². The molecule has 2 aromatic heterocycles. The number of aromatic nitrogens is 2. The van der Waals surface area contributed by atoms with Crippen molar-refractivity contribution in [2.45, 2.75) is 19.7 Å². The molecule has 0 amide bonds. The summed E-state index contributed by atoms with van der Waals surface area (Å²) in [6, 6.07) is 4.99. The highest BCUT2D eigenvalue weighted by Crippen LogP contribution is 2.32. The molecule has 0 fully saturated rings. The Morgan fingerprint density at radius 2 is 1.93 bits per heavy atom. The van der Waals surface area contributed by atoms with E-state index in [-0.39, 0.29) is 27.5 Å². The van der Waals surface area contributed by atoms with Gasteiger partial charge in [-0.2, -0.15) is 13.2 Å². The SMILES string of the molecule is Cc1[nH]c(CO)c(-c2ccc(-c3ccc(C(F)(F)F)cc3F)nc2)c(=O)c1Cl. The summed E-state index contributed by atoms with van der Waals surface area (Å²) in [6.45, 7) is 1.14. The molecule has 0 unspecified atom stereocenters. The first-order valence-electron chi connectivity index (χ1n) is 7.99. The molecule has 1 aromatic carbocycles. The maximum atomic E-state index is 14.1. The zero-order chi connectivity index (χ0) is 20.6. The largest absolute Gasteiger partial charge is 0.416 e. The molecule has 146 valence electrons. The molecule has 2 heterocycles. The standard InChI is InChI=1S/C19H13ClF4N2O2/c1-9-17(20)18(28)16(15(8-27)26-9)10-2-5-14(25-7-10)12-4-3-11(6-13(12)21)19(22,23)24/h2-7,27H,8H2,1H3,(H,26,28). The summed E-state index contributed by atoms with van der Waals surface area (Å²) in [5, 5.41) is 9.47. The van der Waals surface area contributed by atoms with E-state index < -0.39 is 29.6 Å². The van der Waals surface area contributed by atoms with Crippen molar-refractivity contribution < 1.29 is 22.7 Å². The first-order chi connectivity index (χ1) is 13.1. The summed E-state index contributed by atoms with van der Waals surface area (Å²) in [5.41, 5.74) is -0.546. The second-order valence-electron chi connectivity index (χ2n) is 6.03. The van der Waals surface area contributed by atoms with Crippen LogP contribution in [-0.2, 0) is 12.8 Å². The van der Waals surface area contributed by atoms with E-state index in [4.69, 9.17) is 11.6 Å². The van der Waals surface area contributed by atoms with Crippen molar-refractivity contribution in [3.8, 4) is 22.4 Å². The van der Waals surface area contributed by atoms with Crippen LogP contribution in [0, 0.1) is 12.7 Å². The third-order valence-corrected chi connectivity index (χ3v) is 4.63. The fourth-order valence-electron chi connectivity index (χ4n) is 2.78. The molecule has 9 heteroatoms. The van der Waals surface area contributed by atoms with Crippen molar-refractivity contribution in [2.24, 2.45) is 0 Å². The van der Waals surface area contributed by atoms with E-state index in [1.807, 2.05) is 0 Å². The summed E-state index contributed by atoms with van der Waals surface area (Å²) in [7, 11) is 0. The van der Waals surface area contributed by atoms with Gasteiger partial charge in [0.2, 0.25) is 5.43 Å². The van der Waals surface area contributed by atoms with Gasteiger partial charge in [-0.25, -0.2) is 4.39 Å². The van der Waals surface area contributed by atoms with Crippen LogP contribution in [0.25, 0.3) is 22.4 Å². The summed E-state index contributed by atoms with van der Waals surface area (Å²) in [4.78, 5) is 19.3. The molecule has 0 bridgehead atoms.